The number of fused-ring (bicyclic) bond motifs is 25. The van der Waals surface area contributed by atoms with Gasteiger partial charge in [0.25, 0.3) is 0 Å². The van der Waals surface area contributed by atoms with Crippen LogP contribution in [0.25, 0.3) is 220 Å². The first-order chi connectivity index (χ1) is 73.5. The van der Waals surface area contributed by atoms with Crippen molar-refractivity contribution in [3.63, 3.8) is 0 Å². The van der Waals surface area contributed by atoms with E-state index in [4.69, 9.17) is 34.4 Å². The highest BCUT2D eigenvalue weighted by molar-refractivity contribution is 6.28. The molecule has 0 N–H and O–H groups in total. The Morgan fingerprint density at radius 1 is 0.266 bits per heavy atom. The molecular weight excluding hydrogens is 1750 g/mol. The average Bonchev–Trinajstić information content (AvgIpc) is 1.62. The van der Waals surface area contributed by atoms with Crippen LogP contribution >= 0.6 is 0 Å². The van der Waals surface area contributed by atoms with Gasteiger partial charge in [-0.05, 0) is 231 Å². The van der Waals surface area contributed by atoms with Gasteiger partial charge >= 0.3 is 0 Å². The highest BCUT2D eigenvalue weighted by atomic mass is 16.3. The van der Waals surface area contributed by atoms with Crippen LogP contribution in [0.3, 0.4) is 0 Å². The van der Waals surface area contributed by atoms with E-state index in [0.717, 1.165) is 251 Å². The molecule has 2 aliphatic carbocycles. The number of hydrogen-bond donors (Lipinski definition) is 0. The quantitative estimate of drug-likeness (QED) is 0.134. The van der Waals surface area contributed by atoms with E-state index >= 15 is 0 Å². The number of benzene rings is 15. The van der Waals surface area contributed by atoms with Crippen LogP contribution in [-0.2, 0) is 35.2 Å². The standard InChI is InChI=1S/C29H28NO.C28H26NO.2C26H24NO.C24H20NO/c1-19-22-12-6-7-13-23(22)28-24-14-8-9-15-26(24)31-29(28)27(19)25-18-21(16-17-30(25)2)20-10-4-3-5-11-20;1-18-21-11-5-6-12-22(21)27-23-13-7-8-14-25(23)30-28(27)26(18)24-17-20(15-16-29(24)2)19-9-3-4-10-19;2*1-16(2)18-13-14-27(4)22(15-18)24-17(3)19-9-5-6-10-20(19)25-21-11-7-8-12-23(21)28-26(24)25;1-15-12-13-20(25(3)14-15)22-16(2)17-8-4-5-9-18(17)23-19-10-6-7-11-21(19)26-24(22)23/h6-9,12-18,20H,3-5,10-11H2,1-2H3;5-8,11-17,19H,3-4,9-10H2,1-2H3;2*5-16H,1-4H3;4-14H,1-3H3/q5*+1/i20D;19D;1D3,16D;16D;1D3. The van der Waals surface area contributed by atoms with Gasteiger partial charge < -0.3 is 22.1 Å². The molecule has 704 valence electrons. The van der Waals surface area contributed by atoms with E-state index in [1.807, 2.05) is 153 Å². The van der Waals surface area contributed by atoms with Gasteiger partial charge in [-0.15, -0.1) is 0 Å². The Bertz CT molecular complexity index is 9910. The third-order valence-corrected chi connectivity index (χ3v) is 30.5. The van der Waals surface area contributed by atoms with E-state index in [0.29, 0.717) is 11.1 Å². The molecule has 10 aromatic heterocycles. The first-order valence-electron chi connectivity index (χ1n) is 55.1. The molecule has 10 heteroatoms. The molecule has 0 bridgehead atoms. The molecule has 0 amide bonds. The molecule has 2 saturated carbocycles. The molecule has 15 aromatic carbocycles. The summed E-state index contributed by atoms with van der Waals surface area (Å²) in [6, 6.07) is 103. The van der Waals surface area contributed by atoms with Gasteiger partial charge in [0.15, 0.2) is 31.0 Å². The summed E-state index contributed by atoms with van der Waals surface area (Å²) in [6.45, 7) is 11.5. The third-order valence-electron chi connectivity index (χ3n) is 30.5. The maximum absolute atomic E-state index is 9.19. The summed E-state index contributed by atoms with van der Waals surface area (Å²) in [5, 5.41) is 23.2. The van der Waals surface area contributed by atoms with Gasteiger partial charge in [-0.2, -0.15) is 0 Å². The Hall–Kier alpha value is -15.7. The van der Waals surface area contributed by atoms with Gasteiger partial charge in [-0.3, -0.25) is 0 Å². The second-order valence-corrected chi connectivity index (χ2v) is 39.4. The fourth-order valence-electron chi connectivity index (χ4n) is 23.1. The molecule has 0 spiro atoms. The van der Waals surface area contributed by atoms with Crippen LogP contribution in [0.15, 0.2) is 356 Å². The second-order valence-electron chi connectivity index (χ2n) is 39.4. The smallest absolute Gasteiger partial charge is 0.216 e. The van der Waals surface area contributed by atoms with E-state index in [1.54, 1.807) is 18.3 Å². The van der Waals surface area contributed by atoms with E-state index in [9.17, 15) is 1.37 Å². The number of para-hydroxylation sites is 5. The molecule has 10 nitrogen and oxygen atoms in total. The van der Waals surface area contributed by atoms with Crippen LogP contribution in [0.2, 0.25) is 0 Å². The van der Waals surface area contributed by atoms with Crippen molar-refractivity contribution in [2.45, 2.75) is 150 Å². The van der Waals surface area contributed by atoms with Gasteiger partial charge in [0.05, 0.1) is 27.8 Å². The zero-order chi connectivity index (χ0) is 107. The maximum Gasteiger partial charge on any atom is 0.216 e. The third kappa shape index (κ3) is 15.9. The molecule has 10 heterocycles. The van der Waals surface area contributed by atoms with E-state index in [1.165, 1.54) is 78.5 Å². The fraction of sp³-hybridized carbons (Fsp3) is 0.211. The predicted molar refractivity (Wildman–Crippen MR) is 593 cm³/mol. The number of nitrogens with zero attached hydrogens (tertiary/aromatic N) is 5. The first kappa shape index (κ1) is 80.1. The minimum atomic E-state index is -2.45. The van der Waals surface area contributed by atoms with Gasteiger partial charge in [0.2, 0.25) is 28.5 Å². The van der Waals surface area contributed by atoms with Crippen LogP contribution in [0.1, 0.15) is 178 Å². The number of aromatic nitrogens is 5. The lowest BCUT2D eigenvalue weighted by atomic mass is 9.83. The van der Waals surface area contributed by atoms with Crippen LogP contribution in [0.5, 0.6) is 0 Å². The molecule has 143 heavy (non-hydrogen) atoms. The summed E-state index contributed by atoms with van der Waals surface area (Å²) >= 11 is 0. The zero-order valence-corrected chi connectivity index (χ0v) is 83.4. The largest absolute Gasteiger partial charge is 0.455 e. The summed E-state index contributed by atoms with van der Waals surface area (Å²) in [5.74, 6) is -3.35. The number of pyridine rings is 5. The summed E-state index contributed by atoms with van der Waals surface area (Å²) in [6.07, 6.45) is 19.4. The second kappa shape index (κ2) is 37.4. The van der Waals surface area contributed by atoms with Crippen LogP contribution in [0, 0.1) is 41.5 Å². The normalized spacial score (nSPS) is 15.4. The molecular formula is C133H122N5O5+5. The molecule has 1 atom stereocenters. The van der Waals surface area contributed by atoms with Crippen LogP contribution < -0.4 is 22.8 Å². The van der Waals surface area contributed by atoms with Gasteiger partial charge in [-0.25, -0.2) is 22.8 Å². The Labute approximate surface area is 849 Å². The first-order valence-corrected chi connectivity index (χ1v) is 50.1. The molecule has 27 rings (SSSR count). The van der Waals surface area contributed by atoms with Crippen LogP contribution in [0.4, 0.5) is 0 Å². The van der Waals surface area contributed by atoms with Crippen molar-refractivity contribution in [3.8, 4) is 56.3 Å². The summed E-state index contributed by atoms with van der Waals surface area (Å²) in [4.78, 5) is 0. The van der Waals surface area contributed by atoms with Gasteiger partial charge in [-0.1, -0.05) is 272 Å². The zero-order valence-electron chi connectivity index (χ0n) is 93.4. The van der Waals surface area contributed by atoms with Crippen molar-refractivity contribution in [1.29, 1.82) is 0 Å². The van der Waals surface area contributed by atoms with Crippen LogP contribution in [-0.4, -0.2) is 0 Å². The summed E-state index contributed by atoms with van der Waals surface area (Å²) in [7, 11) is 10.1. The highest BCUT2D eigenvalue weighted by Crippen LogP contribution is 2.51. The topological polar surface area (TPSA) is 85.1 Å². The van der Waals surface area contributed by atoms with Crippen molar-refractivity contribution in [1.82, 2.24) is 0 Å². The monoisotopic (exact) mass is 1880 g/mol. The number of hydrogen-bond acceptors (Lipinski definition) is 5. The summed E-state index contributed by atoms with van der Waals surface area (Å²) < 4.78 is 125. The Kier molecular flexibility index (Phi) is 20.9. The molecule has 0 saturated heterocycles. The molecule has 2 aliphatic rings. The Morgan fingerprint density at radius 3 is 0.783 bits per heavy atom. The van der Waals surface area contributed by atoms with Crippen molar-refractivity contribution in [2.75, 3.05) is 0 Å². The Balaban J connectivity index is 0.000000104. The lowest BCUT2D eigenvalue weighted by molar-refractivity contribution is -0.660. The number of furan rings is 5. The molecule has 0 aliphatic heterocycles. The van der Waals surface area contributed by atoms with E-state index in [2.05, 4.69) is 270 Å². The summed E-state index contributed by atoms with van der Waals surface area (Å²) in [5.41, 5.74) is 28.9. The number of rotatable bonds is 9. The predicted octanol–water partition coefficient (Wildman–Crippen LogP) is 34.0. The van der Waals surface area contributed by atoms with Crippen molar-refractivity contribution >= 4 is 164 Å². The SMILES string of the molecule is [2H]C(C)(C)c1cc[n+](C)c(-c2c(C)c3ccccc3c3c2oc2ccccc23)c1.[2H]C([2H])([2H])C([2H])(C)c1cc[n+](C)c(-c2c(C)c3ccccc3c3c2oc2ccccc23)c1.[2H]C([2H])([2H])c1ccc(-c2c(C)c3ccccc3c3c2oc2ccccc23)[n+](C)c1.[2H]C1(c2cc[n+](C)c(-c3c(C)c4ccccc4c4c3oc3ccccc34)c2)CCCC1.[2H]C1(c2cc[n+](C)c(-c3c(C)c4ccccc4c4c3oc3ccccc34)c2)CCCCC1. The molecule has 2 fully saturated rings. The van der Waals surface area contributed by atoms with Gasteiger partial charge in [0, 0.05) is 128 Å². The maximum atomic E-state index is 9.19. The Morgan fingerprint density at radius 2 is 0.510 bits per heavy atom. The average molecular weight is 1880 g/mol. The number of aryl methyl sites for hydroxylation is 11. The lowest BCUT2D eigenvalue weighted by Gasteiger charge is -2.22. The van der Waals surface area contributed by atoms with Crippen molar-refractivity contribution in [2.24, 2.45) is 35.2 Å². The fourth-order valence-corrected chi connectivity index (χ4v) is 23.1. The lowest BCUT2D eigenvalue weighted by Crippen LogP contribution is -2.31. The molecule has 25 aromatic rings. The van der Waals surface area contributed by atoms with Crippen molar-refractivity contribution < 1.29 is 58.6 Å². The minimum Gasteiger partial charge on any atom is -0.455 e. The van der Waals surface area contributed by atoms with Crippen molar-refractivity contribution in [3.05, 3.63) is 390 Å². The highest BCUT2D eigenvalue weighted by Gasteiger charge is 2.33. The molecule has 1 unspecified atom stereocenters. The molecule has 0 radical (unpaired) electrons. The minimum absolute atomic E-state index is 0.322. The van der Waals surface area contributed by atoms with Gasteiger partial charge in [0.1, 0.15) is 91.1 Å². The van der Waals surface area contributed by atoms with E-state index < -0.39 is 37.3 Å². The van der Waals surface area contributed by atoms with E-state index in [-0.39, 0.29) is 0 Å².